The first-order chi connectivity index (χ1) is 17.5. The van der Waals surface area contributed by atoms with E-state index in [0.29, 0.717) is 18.7 Å². The molecule has 0 bridgehead atoms. The number of likely N-dealkylation sites (tertiary alicyclic amines) is 1. The standard InChI is InChI=1S/C28H35FN4O4/c1-6-8-25(23-19-22(35)11-12-24(23)29)33-20(2)10-13-26(30-33)32(27(36)37-28(3,4)5)17-16-31-15-7-9-21(31)14-18-34/h6,8,10-13,18-19,21,35H,1-2,7,9,14-17H2,3-5H3/b25-8-/t21-/m0/s1. The SMILES string of the molecule is C=C/C=C(/c1cc(O)ccc1F)N1N=C(N(CCN2CCC[C@H]2CC=O)C(=O)OC(C)(C)C)C=CC1=C. The maximum Gasteiger partial charge on any atom is 0.416 e. The molecule has 0 radical (unpaired) electrons. The number of allylic oxidation sites excluding steroid dienone is 3. The van der Waals surface area contributed by atoms with Crippen LogP contribution in [0.4, 0.5) is 9.18 Å². The maximum atomic E-state index is 14.8. The summed E-state index contributed by atoms with van der Waals surface area (Å²) in [7, 11) is 0. The summed E-state index contributed by atoms with van der Waals surface area (Å²) in [5.41, 5.74) is 0.0699. The van der Waals surface area contributed by atoms with Crippen molar-refractivity contribution in [1.29, 1.82) is 0 Å². The zero-order chi connectivity index (χ0) is 27.2. The van der Waals surface area contributed by atoms with Crippen molar-refractivity contribution in [2.45, 2.75) is 51.7 Å². The van der Waals surface area contributed by atoms with E-state index in [1.807, 2.05) is 0 Å². The molecule has 1 aromatic carbocycles. The summed E-state index contributed by atoms with van der Waals surface area (Å²) >= 11 is 0. The lowest BCUT2D eigenvalue weighted by molar-refractivity contribution is -0.108. The van der Waals surface area contributed by atoms with Gasteiger partial charge in [0.15, 0.2) is 5.84 Å². The van der Waals surface area contributed by atoms with Gasteiger partial charge in [-0.25, -0.2) is 14.2 Å². The molecule has 1 amide bonds. The Balaban J connectivity index is 1.96. The van der Waals surface area contributed by atoms with Crippen LogP contribution in [0.1, 0.15) is 45.6 Å². The summed E-state index contributed by atoms with van der Waals surface area (Å²) in [5.74, 6) is -0.396. The minimum atomic E-state index is -0.732. The van der Waals surface area contributed by atoms with Crippen LogP contribution in [-0.2, 0) is 9.53 Å². The molecule has 1 N–H and O–H groups in total. The number of hydrazone groups is 1. The third-order valence-electron chi connectivity index (χ3n) is 6.00. The molecule has 1 atom stereocenters. The molecule has 198 valence electrons. The van der Waals surface area contributed by atoms with Crippen molar-refractivity contribution in [2.24, 2.45) is 5.10 Å². The molecule has 37 heavy (non-hydrogen) atoms. The largest absolute Gasteiger partial charge is 0.508 e. The molecule has 0 unspecified atom stereocenters. The number of carbonyl (C=O) groups excluding carboxylic acids is 2. The normalized spacial score (nSPS) is 18.5. The molecule has 9 heteroatoms. The minimum Gasteiger partial charge on any atom is -0.508 e. The van der Waals surface area contributed by atoms with Crippen molar-refractivity contribution in [3.8, 4) is 5.75 Å². The van der Waals surface area contributed by atoms with Gasteiger partial charge in [0.25, 0.3) is 0 Å². The lowest BCUT2D eigenvalue weighted by Crippen LogP contribution is -2.46. The number of hydrogen-bond donors (Lipinski definition) is 1. The van der Waals surface area contributed by atoms with Crippen LogP contribution in [0, 0.1) is 5.82 Å². The van der Waals surface area contributed by atoms with E-state index in [0.717, 1.165) is 31.7 Å². The number of halogens is 1. The number of aromatic hydroxyl groups is 1. The van der Waals surface area contributed by atoms with E-state index < -0.39 is 17.5 Å². The second-order valence-corrected chi connectivity index (χ2v) is 9.91. The van der Waals surface area contributed by atoms with Crippen molar-refractivity contribution in [2.75, 3.05) is 19.6 Å². The van der Waals surface area contributed by atoms with Crippen LogP contribution < -0.4 is 0 Å². The Bertz CT molecular complexity index is 1140. The summed E-state index contributed by atoms with van der Waals surface area (Å²) in [6, 6.07) is 3.85. The Morgan fingerprint density at radius 2 is 2.11 bits per heavy atom. The lowest BCUT2D eigenvalue weighted by atomic mass is 10.1. The number of ether oxygens (including phenoxy) is 1. The maximum absolute atomic E-state index is 14.8. The van der Waals surface area contributed by atoms with E-state index in [2.05, 4.69) is 23.2 Å². The van der Waals surface area contributed by atoms with Gasteiger partial charge in [-0.1, -0.05) is 19.2 Å². The Morgan fingerprint density at radius 1 is 1.35 bits per heavy atom. The second kappa shape index (κ2) is 12.0. The highest BCUT2D eigenvalue weighted by Crippen LogP contribution is 2.31. The van der Waals surface area contributed by atoms with Crippen LogP contribution >= 0.6 is 0 Å². The Labute approximate surface area is 217 Å². The van der Waals surface area contributed by atoms with E-state index in [1.165, 1.54) is 28.1 Å². The average molecular weight is 511 g/mol. The predicted octanol–water partition coefficient (Wildman–Crippen LogP) is 5.05. The molecule has 1 fully saturated rings. The summed E-state index contributed by atoms with van der Waals surface area (Å²) in [4.78, 5) is 28.0. The number of amides is 1. The van der Waals surface area contributed by atoms with Crippen molar-refractivity contribution >= 4 is 23.9 Å². The minimum absolute atomic E-state index is 0.0945. The van der Waals surface area contributed by atoms with Crippen LogP contribution in [0.2, 0.25) is 0 Å². The number of nitrogens with zero attached hydrogens (tertiary/aromatic N) is 4. The van der Waals surface area contributed by atoms with Gasteiger partial charge in [-0.05, 0) is 76.6 Å². The molecule has 0 aliphatic carbocycles. The van der Waals surface area contributed by atoms with Gasteiger partial charge in [0, 0.05) is 31.1 Å². The molecule has 1 aromatic rings. The molecule has 2 aliphatic rings. The van der Waals surface area contributed by atoms with E-state index in [9.17, 15) is 19.1 Å². The van der Waals surface area contributed by atoms with Crippen LogP contribution in [-0.4, -0.2) is 69.4 Å². The topological polar surface area (TPSA) is 85.7 Å². The monoisotopic (exact) mass is 510 g/mol. The number of benzene rings is 1. The first-order valence-electron chi connectivity index (χ1n) is 12.3. The highest BCUT2D eigenvalue weighted by Gasteiger charge is 2.30. The van der Waals surface area contributed by atoms with Gasteiger partial charge < -0.3 is 14.6 Å². The summed E-state index contributed by atoms with van der Waals surface area (Å²) < 4.78 is 20.4. The number of hydrogen-bond acceptors (Lipinski definition) is 7. The van der Waals surface area contributed by atoms with Gasteiger partial charge in [-0.2, -0.15) is 0 Å². The van der Waals surface area contributed by atoms with E-state index in [1.54, 1.807) is 39.0 Å². The van der Waals surface area contributed by atoms with Crippen LogP contribution in [0.25, 0.3) is 5.70 Å². The number of aldehydes is 1. The summed E-state index contributed by atoms with van der Waals surface area (Å²) in [5, 5.41) is 16.0. The zero-order valence-electron chi connectivity index (χ0n) is 21.7. The predicted molar refractivity (Wildman–Crippen MR) is 142 cm³/mol. The Kier molecular flexibility index (Phi) is 9.04. The average Bonchev–Trinajstić information content (AvgIpc) is 3.26. The first-order valence-corrected chi connectivity index (χ1v) is 12.3. The van der Waals surface area contributed by atoms with E-state index in [4.69, 9.17) is 4.74 Å². The summed E-state index contributed by atoms with van der Waals surface area (Å²) in [6.45, 7) is 14.7. The summed E-state index contributed by atoms with van der Waals surface area (Å²) in [6.07, 6.45) is 9.08. The molecule has 2 aliphatic heterocycles. The molecule has 1 saturated heterocycles. The van der Waals surface area contributed by atoms with Crippen molar-refractivity contribution < 1.29 is 23.8 Å². The van der Waals surface area contributed by atoms with Gasteiger partial charge in [0.1, 0.15) is 23.5 Å². The highest BCUT2D eigenvalue weighted by molar-refractivity contribution is 6.03. The fourth-order valence-electron chi connectivity index (χ4n) is 4.30. The molecule has 8 nitrogen and oxygen atoms in total. The van der Waals surface area contributed by atoms with Gasteiger partial charge >= 0.3 is 6.09 Å². The zero-order valence-corrected chi connectivity index (χ0v) is 21.7. The second-order valence-electron chi connectivity index (χ2n) is 9.91. The smallest absolute Gasteiger partial charge is 0.416 e. The van der Waals surface area contributed by atoms with E-state index in [-0.39, 0.29) is 35.4 Å². The molecule has 0 spiro atoms. The molecule has 0 saturated carbocycles. The first kappa shape index (κ1) is 27.9. The number of phenolic OH excluding ortho intramolecular Hbond substituents is 1. The molecular formula is C28H35FN4O4. The highest BCUT2D eigenvalue weighted by atomic mass is 19.1. The van der Waals surface area contributed by atoms with Crippen molar-refractivity contribution in [3.05, 3.63) is 72.7 Å². The third-order valence-corrected chi connectivity index (χ3v) is 6.00. The Hall–Kier alpha value is -3.72. The lowest BCUT2D eigenvalue weighted by Gasteiger charge is -2.33. The van der Waals surface area contributed by atoms with Gasteiger partial charge in [-0.15, -0.1) is 5.10 Å². The van der Waals surface area contributed by atoms with Crippen LogP contribution in [0.15, 0.2) is 66.5 Å². The van der Waals surface area contributed by atoms with Gasteiger partial charge in [0.05, 0.1) is 11.4 Å². The number of rotatable bonds is 8. The fourth-order valence-corrected chi connectivity index (χ4v) is 4.30. The molecule has 2 heterocycles. The van der Waals surface area contributed by atoms with Gasteiger partial charge in [0.2, 0.25) is 0 Å². The molecule has 3 rings (SSSR count). The van der Waals surface area contributed by atoms with Crippen molar-refractivity contribution in [3.63, 3.8) is 0 Å². The fraction of sp³-hybridized carbons (Fsp3) is 0.393. The Morgan fingerprint density at radius 3 is 2.78 bits per heavy atom. The molecule has 0 aromatic heterocycles. The van der Waals surface area contributed by atoms with E-state index >= 15 is 0 Å². The van der Waals surface area contributed by atoms with Crippen molar-refractivity contribution in [1.82, 2.24) is 14.8 Å². The number of amidine groups is 1. The van der Waals surface area contributed by atoms with Crippen LogP contribution in [0.3, 0.4) is 0 Å². The quantitative estimate of drug-likeness (QED) is 0.389. The molecular weight excluding hydrogens is 475 g/mol. The number of phenols is 1. The van der Waals surface area contributed by atoms with Gasteiger partial charge in [-0.3, -0.25) is 9.80 Å². The number of carbonyl (C=O) groups is 2. The third kappa shape index (κ3) is 7.16. The van der Waals surface area contributed by atoms with Crippen LogP contribution in [0.5, 0.6) is 5.75 Å².